The van der Waals surface area contributed by atoms with E-state index in [4.69, 9.17) is 14.2 Å². The Morgan fingerprint density at radius 3 is 2.81 bits per heavy atom. The van der Waals surface area contributed by atoms with Gasteiger partial charge in [-0.3, -0.25) is 0 Å². The second-order valence-corrected chi connectivity index (χ2v) is 6.59. The van der Waals surface area contributed by atoms with E-state index in [9.17, 15) is 9.90 Å². The van der Waals surface area contributed by atoms with E-state index in [0.717, 1.165) is 5.82 Å². The topological polar surface area (TPSA) is 107 Å². The van der Waals surface area contributed by atoms with Crippen LogP contribution in [-0.4, -0.2) is 58.9 Å². The number of methoxy groups -OCH3 is 1. The molecule has 0 aliphatic carbocycles. The van der Waals surface area contributed by atoms with E-state index in [1.807, 2.05) is 11.5 Å². The third-order valence-corrected chi connectivity index (χ3v) is 4.96. The van der Waals surface area contributed by atoms with Crippen LogP contribution in [0.2, 0.25) is 0 Å². The Labute approximate surface area is 156 Å². The van der Waals surface area contributed by atoms with Gasteiger partial charge in [-0.1, -0.05) is 0 Å². The Balaban J connectivity index is 1.47. The second-order valence-electron chi connectivity index (χ2n) is 6.59. The highest BCUT2D eigenvalue weighted by molar-refractivity contribution is 5.89. The van der Waals surface area contributed by atoms with Crippen molar-refractivity contribution in [2.24, 2.45) is 0 Å². The fourth-order valence-electron chi connectivity index (χ4n) is 3.57. The lowest BCUT2D eigenvalue weighted by atomic mass is 9.96. The Kier molecular flexibility index (Phi) is 4.73. The number of urea groups is 1. The Bertz CT molecular complexity index is 808. The minimum atomic E-state index is -0.884. The summed E-state index contributed by atoms with van der Waals surface area (Å²) in [6, 6.07) is 5.44. The minimum Gasteiger partial charge on any atom is -0.497 e. The number of hydrogen-bond acceptors (Lipinski definition) is 6. The van der Waals surface area contributed by atoms with Crippen LogP contribution in [0.3, 0.4) is 0 Å². The number of hydrogen-bond donors (Lipinski definition) is 3. The molecule has 0 spiro atoms. The molecule has 1 aromatic carbocycles. The van der Waals surface area contributed by atoms with Crippen LogP contribution in [0.1, 0.15) is 11.9 Å². The third kappa shape index (κ3) is 3.36. The number of ether oxygens (including phenoxy) is 3. The van der Waals surface area contributed by atoms with Crippen molar-refractivity contribution in [3.63, 3.8) is 0 Å². The second kappa shape index (κ2) is 7.18. The molecule has 3 heterocycles. The molecule has 2 aliphatic rings. The number of anilines is 1. The van der Waals surface area contributed by atoms with E-state index in [2.05, 4.69) is 15.6 Å². The number of fused-ring (bicyclic) bond motifs is 2. The summed E-state index contributed by atoms with van der Waals surface area (Å²) in [6.07, 6.45) is 1.56. The maximum atomic E-state index is 12.4. The molecular formula is C18H22N4O5. The monoisotopic (exact) mass is 374 g/mol. The molecule has 2 saturated heterocycles. The molecule has 0 radical (unpaired) electrons. The smallest absolute Gasteiger partial charge is 0.319 e. The van der Waals surface area contributed by atoms with Crippen molar-refractivity contribution in [1.82, 2.24) is 14.9 Å². The SMILES string of the molecule is COc1ccc(NC(=O)N[C@H]2[C@H](O)[C@@H](n3ccnc3C)[C@@H]3OC[C@H]2O3)cc1. The minimum absolute atomic E-state index is 0.305. The first-order chi connectivity index (χ1) is 13.1. The zero-order chi connectivity index (χ0) is 19.0. The van der Waals surface area contributed by atoms with Gasteiger partial charge in [0.05, 0.1) is 19.8 Å². The van der Waals surface area contributed by atoms with E-state index in [0.29, 0.717) is 18.0 Å². The van der Waals surface area contributed by atoms with Crippen LogP contribution in [0.5, 0.6) is 5.75 Å². The number of aryl methyl sites for hydroxylation is 1. The molecule has 2 bridgehead atoms. The predicted octanol–water partition coefficient (Wildman–Crippen LogP) is 1.05. The highest BCUT2D eigenvalue weighted by Gasteiger charge is 2.51. The van der Waals surface area contributed by atoms with Crippen LogP contribution in [0, 0.1) is 6.92 Å². The van der Waals surface area contributed by atoms with Crippen LogP contribution in [-0.2, 0) is 9.47 Å². The fraction of sp³-hybridized carbons (Fsp3) is 0.444. The van der Waals surface area contributed by atoms with Crippen molar-refractivity contribution in [2.75, 3.05) is 19.0 Å². The van der Waals surface area contributed by atoms with E-state index < -0.39 is 36.6 Å². The van der Waals surface area contributed by atoms with Crippen molar-refractivity contribution < 1.29 is 24.1 Å². The Hall–Kier alpha value is -2.62. The molecule has 0 saturated carbocycles. The molecular weight excluding hydrogens is 352 g/mol. The summed E-state index contributed by atoms with van der Waals surface area (Å²) in [6.45, 7) is 2.14. The predicted molar refractivity (Wildman–Crippen MR) is 95.6 cm³/mol. The van der Waals surface area contributed by atoms with Crippen molar-refractivity contribution in [3.8, 4) is 5.75 Å². The van der Waals surface area contributed by atoms with E-state index in [1.165, 1.54) is 0 Å². The van der Waals surface area contributed by atoms with Gasteiger partial charge >= 0.3 is 6.03 Å². The van der Waals surface area contributed by atoms with Gasteiger partial charge in [-0.05, 0) is 31.2 Å². The van der Waals surface area contributed by atoms with Gasteiger partial charge in [0, 0.05) is 18.1 Å². The van der Waals surface area contributed by atoms with Crippen LogP contribution in [0.15, 0.2) is 36.7 Å². The lowest BCUT2D eigenvalue weighted by Gasteiger charge is -2.39. The average molecular weight is 374 g/mol. The number of aliphatic hydroxyl groups excluding tert-OH is 1. The number of carbonyl (C=O) groups excluding carboxylic acids is 1. The molecule has 1 aromatic heterocycles. The molecule has 2 fully saturated rings. The van der Waals surface area contributed by atoms with Crippen molar-refractivity contribution >= 4 is 11.7 Å². The van der Waals surface area contributed by atoms with Crippen molar-refractivity contribution in [2.45, 2.75) is 37.5 Å². The fourth-order valence-corrected chi connectivity index (χ4v) is 3.57. The number of imidazole rings is 1. The van der Waals surface area contributed by atoms with Gasteiger partial charge in [0.25, 0.3) is 0 Å². The third-order valence-electron chi connectivity index (χ3n) is 4.96. The van der Waals surface area contributed by atoms with Crippen LogP contribution >= 0.6 is 0 Å². The maximum Gasteiger partial charge on any atom is 0.319 e. The Morgan fingerprint density at radius 2 is 2.15 bits per heavy atom. The molecule has 3 N–H and O–H groups in total. The first-order valence-corrected chi connectivity index (χ1v) is 8.73. The summed E-state index contributed by atoms with van der Waals surface area (Å²) in [5.41, 5.74) is 0.613. The van der Waals surface area contributed by atoms with Gasteiger partial charge in [0.1, 0.15) is 29.8 Å². The number of rotatable bonds is 4. The van der Waals surface area contributed by atoms with Gasteiger partial charge in [0.2, 0.25) is 0 Å². The number of amides is 2. The lowest BCUT2D eigenvalue weighted by Crippen LogP contribution is -2.59. The molecule has 0 unspecified atom stereocenters. The summed E-state index contributed by atoms with van der Waals surface area (Å²) in [5, 5.41) is 16.5. The number of aromatic nitrogens is 2. The van der Waals surface area contributed by atoms with Crippen LogP contribution in [0.25, 0.3) is 0 Å². The van der Waals surface area contributed by atoms with Gasteiger partial charge < -0.3 is 34.5 Å². The van der Waals surface area contributed by atoms with Crippen LogP contribution in [0.4, 0.5) is 10.5 Å². The Morgan fingerprint density at radius 1 is 1.37 bits per heavy atom. The van der Waals surface area contributed by atoms with Gasteiger partial charge in [-0.2, -0.15) is 0 Å². The largest absolute Gasteiger partial charge is 0.497 e. The lowest BCUT2D eigenvalue weighted by molar-refractivity contribution is -0.163. The number of nitrogens with zero attached hydrogens (tertiary/aromatic N) is 2. The van der Waals surface area contributed by atoms with E-state index in [-0.39, 0.29) is 0 Å². The summed E-state index contributed by atoms with van der Waals surface area (Å²) in [5.74, 6) is 1.43. The molecule has 4 rings (SSSR count). The zero-order valence-corrected chi connectivity index (χ0v) is 15.0. The summed E-state index contributed by atoms with van der Waals surface area (Å²) in [4.78, 5) is 16.6. The number of nitrogens with one attached hydrogen (secondary N) is 2. The highest BCUT2D eigenvalue weighted by Crippen LogP contribution is 2.36. The van der Waals surface area contributed by atoms with Crippen LogP contribution < -0.4 is 15.4 Å². The summed E-state index contributed by atoms with van der Waals surface area (Å²) >= 11 is 0. The average Bonchev–Trinajstić information content (AvgIpc) is 3.28. The number of benzene rings is 1. The zero-order valence-electron chi connectivity index (χ0n) is 15.0. The number of aliphatic hydroxyl groups is 1. The standard InChI is InChI=1S/C18H22N4O5/c1-10-19-7-8-22(10)15-16(23)14(13-9-26-17(15)27-13)21-18(24)20-11-3-5-12(25-2)6-4-11/h3-8,13-17,23H,9H2,1-2H3,(H2,20,21,24)/t13-,14-,15-,16+,17-/m1/s1. The number of carbonyl (C=O) groups is 1. The first kappa shape index (κ1) is 17.8. The maximum absolute atomic E-state index is 12.4. The molecule has 5 atom stereocenters. The molecule has 144 valence electrons. The molecule has 9 nitrogen and oxygen atoms in total. The van der Waals surface area contributed by atoms with E-state index >= 15 is 0 Å². The summed E-state index contributed by atoms with van der Waals surface area (Å²) < 4.78 is 18.5. The van der Waals surface area contributed by atoms with Crippen molar-refractivity contribution in [1.29, 1.82) is 0 Å². The van der Waals surface area contributed by atoms with Crippen molar-refractivity contribution in [3.05, 3.63) is 42.5 Å². The molecule has 9 heteroatoms. The molecule has 2 aliphatic heterocycles. The van der Waals surface area contributed by atoms with Gasteiger partial charge in [0.15, 0.2) is 6.29 Å². The highest BCUT2D eigenvalue weighted by atomic mass is 16.7. The summed E-state index contributed by atoms with van der Waals surface area (Å²) in [7, 11) is 1.58. The van der Waals surface area contributed by atoms with Gasteiger partial charge in [-0.15, -0.1) is 0 Å². The quantitative estimate of drug-likeness (QED) is 0.738. The van der Waals surface area contributed by atoms with Gasteiger partial charge in [-0.25, -0.2) is 9.78 Å². The molecule has 2 amide bonds. The first-order valence-electron chi connectivity index (χ1n) is 8.73. The molecule has 2 aromatic rings. The van der Waals surface area contributed by atoms with E-state index in [1.54, 1.807) is 43.8 Å². The molecule has 27 heavy (non-hydrogen) atoms. The normalized spacial score (nSPS) is 29.4.